The molecule has 1 amide bonds. The van der Waals surface area contributed by atoms with Crippen molar-refractivity contribution >= 4 is 17.7 Å². The Kier molecular flexibility index (Phi) is 6.53. The van der Waals surface area contributed by atoms with Gasteiger partial charge < -0.3 is 10.1 Å². The smallest absolute Gasteiger partial charge is 0.230 e. The highest BCUT2D eigenvalue weighted by Gasteiger charge is 2.06. The molecule has 0 saturated carbocycles. The van der Waals surface area contributed by atoms with Gasteiger partial charge in [-0.3, -0.25) is 4.79 Å². The molecule has 0 aliphatic heterocycles. The zero-order valence-electron chi connectivity index (χ0n) is 13.9. The summed E-state index contributed by atoms with van der Waals surface area (Å²) >= 11 is 1.58. The van der Waals surface area contributed by atoms with E-state index in [0.717, 1.165) is 22.6 Å². The summed E-state index contributed by atoms with van der Waals surface area (Å²) in [5, 5.41) is 2.97. The van der Waals surface area contributed by atoms with Crippen molar-refractivity contribution in [2.75, 3.05) is 19.4 Å². The molecule has 122 valence electrons. The fourth-order valence-corrected chi connectivity index (χ4v) is 3.24. The van der Waals surface area contributed by atoms with Crippen LogP contribution in [0, 0.1) is 13.8 Å². The van der Waals surface area contributed by atoms with Gasteiger partial charge in [-0.15, -0.1) is 11.8 Å². The van der Waals surface area contributed by atoms with E-state index >= 15 is 0 Å². The van der Waals surface area contributed by atoms with Crippen LogP contribution in [-0.2, 0) is 11.2 Å². The third kappa shape index (κ3) is 5.32. The van der Waals surface area contributed by atoms with Crippen molar-refractivity contribution < 1.29 is 9.53 Å². The highest BCUT2D eigenvalue weighted by molar-refractivity contribution is 8.00. The molecular weight excluding hydrogens is 306 g/mol. The van der Waals surface area contributed by atoms with E-state index in [2.05, 4.69) is 37.4 Å². The number of nitrogens with one attached hydrogen (secondary N) is 1. The fraction of sp³-hybridized carbons (Fsp3) is 0.316. The number of carbonyl (C=O) groups is 1. The normalized spacial score (nSPS) is 10.4. The van der Waals surface area contributed by atoms with Gasteiger partial charge in [0, 0.05) is 11.4 Å². The first-order valence-electron chi connectivity index (χ1n) is 7.69. The highest BCUT2D eigenvalue weighted by Crippen LogP contribution is 2.23. The van der Waals surface area contributed by atoms with Crippen LogP contribution >= 0.6 is 11.8 Å². The molecule has 0 aliphatic rings. The molecule has 0 unspecified atom stereocenters. The Morgan fingerprint density at radius 3 is 2.70 bits per heavy atom. The molecule has 0 bridgehead atoms. The number of hydrogen-bond acceptors (Lipinski definition) is 3. The van der Waals surface area contributed by atoms with Crippen LogP contribution < -0.4 is 10.1 Å². The standard InChI is InChI=1S/C19H23NO2S/c1-14-8-9-18(15(2)12-14)23-13-19(21)20-11-10-16-6-4-5-7-17(16)22-3/h4-9,12H,10-11,13H2,1-3H3,(H,20,21). The fourth-order valence-electron chi connectivity index (χ4n) is 2.40. The maximum atomic E-state index is 12.0. The summed E-state index contributed by atoms with van der Waals surface area (Å²) < 4.78 is 5.31. The number of thioether (sulfide) groups is 1. The molecule has 0 radical (unpaired) electrons. The molecule has 4 heteroatoms. The van der Waals surface area contributed by atoms with Gasteiger partial charge in [-0.05, 0) is 43.5 Å². The van der Waals surface area contributed by atoms with Gasteiger partial charge in [0.2, 0.25) is 5.91 Å². The van der Waals surface area contributed by atoms with Gasteiger partial charge in [0.05, 0.1) is 12.9 Å². The lowest BCUT2D eigenvalue weighted by molar-refractivity contribution is -0.118. The molecule has 2 rings (SSSR count). The maximum Gasteiger partial charge on any atom is 0.230 e. The van der Waals surface area contributed by atoms with Crippen molar-refractivity contribution in [1.82, 2.24) is 5.32 Å². The van der Waals surface area contributed by atoms with Gasteiger partial charge in [-0.2, -0.15) is 0 Å². The number of ether oxygens (including phenoxy) is 1. The molecule has 0 saturated heterocycles. The van der Waals surface area contributed by atoms with Crippen molar-refractivity contribution in [2.24, 2.45) is 0 Å². The van der Waals surface area contributed by atoms with Gasteiger partial charge in [-0.25, -0.2) is 0 Å². The van der Waals surface area contributed by atoms with E-state index < -0.39 is 0 Å². The molecule has 0 spiro atoms. The van der Waals surface area contributed by atoms with E-state index in [1.54, 1.807) is 18.9 Å². The lowest BCUT2D eigenvalue weighted by atomic mass is 10.1. The predicted octanol–water partition coefficient (Wildman–Crippen LogP) is 3.76. The van der Waals surface area contributed by atoms with Gasteiger partial charge in [0.15, 0.2) is 0 Å². The van der Waals surface area contributed by atoms with Crippen LogP contribution in [0.2, 0.25) is 0 Å². The van der Waals surface area contributed by atoms with E-state index in [0.29, 0.717) is 12.3 Å². The number of methoxy groups -OCH3 is 1. The molecule has 0 aromatic heterocycles. The molecule has 3 nitrogen and oxygen atoms in total. The van der Waals surface area contributed by atoms with Crippen LogP contribution in [0.1, 0.15) is 16.7 Å². The number of aryl methyl sites for hydroxylation is 2. The van der Waals surface area contributed by atoms with E-state index in [4.69, 9.17) is 4.74 Å². The van der Waals surface area contributed by atoms with Crippen LogP contribution in [-0.4, -0.2) is 25.3 Å². The Morgan fingerprint density at radius 1 is 1.17 bits per heavy atom. The first-order valence-corrected chi connectivity index (χ1v) is 8.67. The van der Waals surface area contributed by atoms with Gasteiger partial charge in [0.1, 0.15) is 5.75 Å². The monoisotopic (exact) mass is 329 g/mol. The summed E-state index contributed by atoms with van der Waals surface area (Å²) in [5.41, 5.74) is 3.57. The number of benzene rings is 2. The van der Waals surface area contributed by atoms with Crippen molar-refractivity contribution in [3.05, 3.63) is 59.2 Å². The minimum Gasteiger partial charge on any atom is -0.496 e. The van der Waals surface area contributed by atoms with Crippen LogP contribution in [0.5, 0.6) is 5.75 Å². The number of rotatable bonds is 7. The second-order valence-electron chi connectivity index (χ2n) is 5.47. The highest BCUT2D eigenvalue weighted by atomic mass is 32.2. The van der Waals surface area contributed by atoms with Crippen molar-refractivity contribution in [3.8, 4) is 5.75 Å². The first kappa shape index (κ1) is 17.4. The lowest BCUT2D eigenvalue weighted by Gasteiger charge is -2.10. The number of hydrogen-bond donors (Lipinski definition) is 1. The summed E-state index contributed by atoms with van der Waals surface area (Å²) in [4.78, 5) is 13.1. The summed E-state index contributed by atoms with van der Waals surface area (Å²) in [6, 6.07) is 14.2. The molecule has 0 atom stereocenters. The minimum absolute atomic E-state index is 0.0601. The molecule has 2 aromatic rings. The average Bonchev–Trinajstić information content (AvgIpc) is 2.54. The van der Waals surface area contributed by atoms with Crippen LogP contribution in [0.3, 0.4) is 0 Å². The van der Waals surface area contributed by atoms with E-state index in [9.17, 15) is 4.79 Å². The SMILES string of the molecule is COc1ccccc1CCNC(=O)CSc1ccc(C)cc1C. The first-order chi connectivity index (χ1) is 11.1. The summed E-state index contributed by atoms with van der Waals surface area (Å²) in [7, 11) is 1.66. The van der Waals surface area contributed by atoms with Crippen LogP contribution in [0.25, 0.3) is 0 Å². The number of amides is 1. The molecule has 0 aliphatic carbocycles. The van der Waals surface area contributed by atoms with Crippen molar-refractivity contribution in [1.29, 1.82) is 0 Å². The second kappa shape index (κ2) is 8.63. The third-order valence-corrected chi connectivity index (χ3v) is 4.77. The predicted molar refractivity (Wildman–Crippen MR) is 96.3 cm³/mol. The molecule has 0 heterocycles. The number of para-hydroxylation sites is 1. The Morgan fingerprint density at radius 2 is 1.96 bits per heavy atom. The Balaban J connectivity index is 1.77. The van der Waals surface area contributed by atoms with E-state index in [1.165, 1.54) is 11.1 Å². The zero-order valence-corrected chi connectivity index (χ0v) is 14.7. The van der Waals surface area contributed by atoms with Gasteiger partial charge in [0.25, 0.3) is 0 Å². The molecule has 1 N–H and O–H groups in total. The molecule has 2 aromatic carbocycles. The Labute approximate surface area is 142 Å². The average molecular weight is 329 g/mol. The second-order valence-corrected chi connectivity index (χ2v) is 6.49. The summed E-state index contributed by atoms with van der Waals surface area (Å²) in [6.45, 7) is 4.77. The molecule has 0 fully saturated rings. The van der Waals surface area contributed by atoms with Gasteiger partial charge in [-0.1, -0.05) is 35.9 Å². The molecule has 23 heavy (non-hydrogen) atoms. The minimum atomic E-state index is 0.0601. The van der Waals surface area contributed by atoms with E-state index in [1.807, 2.05) is 24.3 Å². The molecular formula is C19H23NO2S. The zero-order chi connectivity index (χ0) is 16.7. The Hall–Kier alpha value is -1.94. The topological polar surface area (TPSA) is 38.3 Å². The number of carbonyl (C=O) groups excluding carboxylic acids is 1. The Bertz CT molecular complexity index is 670. The van der Waals surface area contributed by atoms with Crippen molar-refractivity contribution in [2.45, 2.75) is 25.2 Å². The quantitative estimate of drug-likeness (QED) is 0.786. The lowest BCUT2D eigenvalue weighted by Crippen LogP contribution is -2.27. The maximum absolute atomic E-state index is 12.0. The largest absolute Gasteiger partial charge is 0.496 e. The van der Waals surface area contributed by atoms with E-state index in [-0.39, 0.29) is 5.91 Å². The third-order valence-electron chi connectivity index (χ3n) is 3.60. The van der Waals surface area contributed by atoms with Crippen LogP contribution in [0.15, 0.2) is 47.4 Å². The van der Waals surface area contributed by atoms with Crippen LogP contribution in [0.4, 0.5) is 0 Å². The van der Waals surface area contributed by atoms with Crippen molar-refractivity contribution in [3.63, 3.8) is 0 Å². The summed E-state index contributed by atoms with van der Waals surface area (Å²) in [5.74, 6) is 1.37. The summed E-state index contributed by atoms with van der Waals surface area (Å²) in [6.07, 6.45) is 0.768. The van der Waals surface area contributed by atoms with Gasteiger partial charge >= 0.3 is 0 Å².